The molecule has 0 N–H and O–H groups in total. The van der Waals surface area contributed by atoms with Crippen LogP contribution in [0.3, 0.4) is 0 Å². The quantitative estimate of drug-likeness (QED) is 0.859. The van der Waals surface area contributed by atoms with Crippen molar-refractivity contribution >= 4 is 0 Å². The largest absolute Gasteiger partial charge is 0.461 e. The molecular weight excluding hydrogens is 292 g/mol. The summed E-state index contributed by atoms with van der Waals surface area (Å²) in [6.07, 6.45) is 13.3. The van der Waals surface area contributed by atoms with Crippen LogP contribution in [-0.4, -0.2) is 36.6 Å². The smallest absolute Gasteiger partial charge is 0.355 e. The van der Waals surface area contributed by atoms with Crippen LogP contribution in [0.4, 0.5) is 0 Å². The molecule has 0 amide bonds. The fraction of sp³-hybridized carbons (Fsp3) is 0.688. The number of nitrogens with zero attached hydrogens (tertiary/aromatic N) is 6. The first-order chi connectivity index (χ1) is 11.3. The maximum absolute atomic E-state index is 5.89. The molecule has 0 radical (unpaired) electrons. The number of hydrogen-bond donors (Lipinski definition) is 0. The van der Waals surface area contributed by atoms with Crippen LogP contribution in [-0.2, 0) is 0 Å². The van der Waals surface area contributed by atoms with Gasteiger partial charge in [0.2, 0.25) is 0 Å². The van der Waals surface area contributed by atoms with E-state index < -0.39 is 0 Å². The summed E-state index contributed by atoms with van der Waals surface area (Å²) < 4.78 is 7.56. The third kappa shape index (κ3) is 2.38. The molecule has 2 aromatic rings. The SMILES string of the molecule is c1cn(-c2nnc(OCC34CC5CC(CC(C5)C3)C4)nn2)cn1. The second-order valence-electron chi connectivity index (χ2n) is 7.66. The highest BCUT2D eigenvalue weighted by Gasteiger charge is 2.51. The van der Waals surface area contributed by atoms with Crippen molar-refractivity contribution in [3.8, 4) is 12.0 Å². The van der Waals surface area contributed by atoms with Gasteiger partial charge in [-0.25, -0.2) is 4.98 Å². The molecular formula is C16H20N6O. The van der Waals surface area contributed by atoms with Gasteiger partial charge in [-0.3, -0.25) is 4.57 Å². The summed E-state index contributed by atoms with van der Waals surface area (Å²) >= 11 is 0. The molecule has 0 aliphatic heterocycles. The van der Waals surface area contributed by atoms with Gasteiger partial charge >= 0.3 is 6.01 Å². The minimum atomic E-state index is 0.282. The molecule has 0 atom stereocenters. The zero-order chi connectivity index (χ0) is 15.3. The zero-order valence-corrected chi connectivity index (χ0v) is 13.0. The highest BCUT2D eigenvalue weighted by Crippen LogP contribution is 2.59. The van der Waals surface area contributed by atoms with Crippen molar-refractivity contribution in [1.82, 2.24) is 29.9 Å². The van der Waals surface area contributed by atoms with E-state index in [4.69, 9.17) is 4.74 Å². The molecule has 7 heteroatoms. The standard InChI is InChI=1S/C16H20N6O/c1-2-22(10-17-1)14-18-20-15(21-19-14)23-9-16-6-11-3-12(7-16)5-13(4-11)8-16/h1-2,10-13H,3-9H2. The van der Waals surface area contributed by atoms with E-state index >= 15 is 0 Å². The third-order valence-corrected chi connectivity index (χ3v) is 5.86. The average molecular weight is 312 g/mol. The third-order valence-electron chi connectivity index (χ3n) is 5.86. The topological polar surface area (TPSA) is 78.6 Å². The van der Waals surface area contributed by atoms with Gasteiger partial charge in [0, 0.05) is 17.8 Å². The molecule has 4 fully saturated rings. The van der Waals surface area contributed by atoms with Crippen LogP contribution >= 0.6 is 0 Å². The first kappa shape index (κ1) is 13.4. The summed E-state index contributed by atoms with van der Waals surface area (Å²) in [7, 11) is 0. The number of rotatable bonds is 4. The Kier molecular flexibility index (Phi) is 2.90. The first-order valence-electron chi connectivity index (χ1n) is 8.47. The van der Waals surface area contributed by atoms with Gasteiger partial charge in [0.25, 0.3) is 5.95 Å². The Morgan fingerprint density at radius 1 is 1.00 bits per heavy atom. The molecule has 0 unspecified atom stereocenters. The summed E-state index contributed by atoms with van der Waals surface area (Å²) in [4.78, 5) is 3.96. The van der Waals surface area contributed by atoms with Crippen LogP contribution < -0.4 is 4.74 Å². The molecule has 6 rings (SSSR count). The summed E-state index contributed by atoms with van der Waals surface area (Å²) in [6.45, 7) is 0.713. The van der Waals surface area contributed by atoms with Crippen molar-refractivity contribution in [2.75, 3.05) is 6.61 Å². The van der Waals surface area contributed by atoms with E-state index in [9.17, 15) is 0 Å². The molecule has 0 aromatic carbocycles. The molecule has 0 saturated heterocycles. The Morgan fingerprint density at radius 2 is 1.65 bits per heavy atom. The van der Waals surface area contributed by atoms with Gasteiger partial charge in [0.1, 0.15) is 6.33 Å². The molecule has 4 aliphatic carbocycles. The minimum Gasteiger partial charge on any atom is -0.461 e. The van der Waals surface area contributed by atoms with Crippen molar-refractivity contribution < 1.29 is 4.74 Å². The van der Waals surface area contributed by atoms with E-state index in [1.54, 1.807) is 23.3 Å². The minimum absolute atomic E-state index is 0.282. The van der Waals surface area contributed by atoms with Gasteiger partial charge in [-0.1, -0.05) is 10.2 Å². The monoisotopic (exact) mass is 312 g/mol. The maximum Gasteiger partial charge on any atom is 0.355 e. The second-order valence-corrected chi connectivity index (χ2v) is 7.66. The number of hydrogen-bond acceptors (Lipinski definition) is 6. The predicted octanol–water partition coefficient (Wildman–Crippen LogP) is 2.05. The average Bonchev–Trinajstić information content (AvgIpc) is 3.07. The molecule has 4 saturated carbocycles. The van der Waals surface area contributed by atoms with Crippen LogP contribution in [0.2, 0.25) is 0 Å². The molecule has 23 heavy (non-hydrogen) atoms. The van der Waals surface area contributed by atoms with E-state index in [1.165, 1.54) is 38.5 Å². The van der Waals surface area contributed by atoms with Crippen molar-refractivity contribution in [3.05, 3.63) is 18.7 Å². The Balaban J connectivity index is 1.28. The molecule has 0 spiro atoms. The van der Waals surface area contributed by atoms with Crippen molar-refractivity contribution in [2.45, 2.75) is 38.5 Å². The summed E-state index contributed by atoms with van der Waals surface area (Å²) in [6, 6.07) is 0.282. The van der Waals surface area contributed by atoms with Gasteiger partial charge in [0.15, 0.2) is 0 Å². The molecule has 120 valence electrons. The van der Waals surface area contributed by atoms with Gasteiger partial charge in [-0.15, -0.1) is 10.2 Å². The van der Waals surface area contributed by atoms with Crippen LogP contribution in [0, 0.1) is 23.2 Å². The van der Waals surface area contributed by atoms with E-state index in [-0.39, 0.29) is 6.01 Å². The van der Waals surface area contributed by atoms with Crippen molar-refractivity contribution in [2.24, 2.45) is 23.2 Å². The first-order valence-corrected chi connectivity index (χ1v) is 8.47. The Bertz CT molecular complexity index is 648. The van der Waals surface area contributed by atoms with E-state index in [1.807, 2.05) is 0 Å². The lowest BCUT2D eigenvalue weighted by atomic mass is 9.50. The Hall–Kier alpha value is -2.05. The maximum atomic E-state index is 5.89. The predicted molar refractivity (Wildman–Crippen MR) is 80.8 cm³/mol. The fourth-order valence-electron chi connectivity index (χ4n) is 5.44. The summed E-state index contributed by atoms with van der Waals surface area (Å²) in [5.74, 6) is 3.17. The lowest BCUT2D eigenvalue weighted by molar-refractivity contribution is -0.0761. The Labute approximate surface area is 134 Å². The summed E-state index contributed by atoms with van der Waals surface area (Å²) in [5, 5.41) is 16.2. The van der Waals surface area contributed by atoms with Crippen molar-refractivity contribution in [3.63, 3.8) is 0 Å². The number of aromatic nitrogens is 6. The molecule has 4 bridgehead atoms. The lowest BCUT2D eigenvalue weighted by Gasteiger charge is -2.56. The highest BCUT2D eigenvalue weighted by molar-refractivity contribution is 5.06. The van der Waals surface area contributed by atoms with Crippen molar-refractivity contribution in [1.29, 1.82) is 0 Å². The second kappa shape index (κ2) is 4.97. The van der Waals surface area contributed by atoms with E-state index in [2.05, 4.69) is 25.4 Å². The molecule has 2 heterocycles. The zero-order valence-electron chi connectivity index (χ0n) is 13.0. The van der Waals surface area contributed by atoms with Crippen LogP contribution in [0.5, 0.6) is 6.01 Å². The molecule has 4 aliphatic rings. The molecule has 2 aromatic heterocycles. The fourth-order valence-corrected chi connectivity index (χ4v) is 5.44. The van der Waals surface area contributed by atoms with Gasteiger partial charge in [-0.05, 0) is 56.3 Å². The van der Waals surface area contributed by atoms with Crippen LogP contribution in [0.25, 0.3) is 5.95 Å². The Morgan fingerprint density at radius 3 is 2.22 bits per heavy atom. The van der Waals surface area contributed by atoms with E-state index in [0.717, 1.165) is 17.8 Å². The lowest BCUT2D eigenvalue weighted by Crippen LogP contribution is -2.48. The summed E-state index contributed by atoms with van der Waals surface area (Å²) in [5.41, 5.74) is 0.348. The highest BCUT2D eigenvalue weighted by atomic mass is 16.5. The van der Waals surface area contributed by atoms with Gasteiger partial charge in [-0.2, -0.15) is 0 Å². The van der Waals surface area contributed by atoms with E-state index in [0.29, 0.717) is 18.0 Å². The van der Waals surface area contributed by atoms with Gasteiger partial charge < -0.3 is 4.74 Å². The van der Waals surface area contributed by atoms with Crippen LogP contribution in [0.1, 0.15) is 38.5 Å². The molecule has 7 nitrogen and oxygen atoms in total. The number of ether oxygens (including phenoxy) is 1. The number of imidazole rings is 1. The van der Waals surface area contributed by atoms with Crippen LogP contribution in [0.15, 0.2) is 18.7 Å². The normalized spacial score (nSPS) is 34.7. The van der Waals surface area contributed by atoms with Gasteiger partial charge in [0.05, 0.1) is 6.61 Å².